The second-order valence-corrected chi connectivity index (χ2v) is 8.08. The first-order valence-corrected chi connectivity index (χ1v) is 8.94. The van der Waals surface area contributed by atoms with Crippen LogP contribution in [0.1, 0.15) is 57.2 Å². The quantitative estimate of drug-likeness (QED) is 0.874. The van der Waals surface area contributed by atoms with E-state index < -0.39 is 5.60 Å². The lowest BCUT2D eigenvalue weighted by molar-refractivity contribution is 0.0493. The Morgan fingerprint density at radius 2 is 2.08 bits per heavy atom. The molecule has 134 valence electrons. The molecular formula is C18H25N5O2. The number of hydrogen-bond acceptors (Lipinski definition) is 5. The third kappa shape index (κ3) is 3.03. The topological polar surface area (TPSA) is 95.1 Å². The number of alkyl carbamates (subject to hydrolysis) is 1. The molecule has 1 aliphatic carbocycles. The highest BCUT2D eigenvalue weighted by atomic mass is 16.6. The van der Waals surface area contributed by atoms with E-state index in [2.05, 4.69) is 19.9 Å². The molecular weight excluding hydrogens is 318 g/mol. The van der Waals surface area contributed by atoms with Crippen molar-refractivity contribution in [3.05, 3.63) is 17.6 Å². The van der Waals surface area contributed by atoms with Crippen molar-refractivity contribution >= 4 is 22.9 Å². The molecule has 25 heavy (non-hydrogen) atoms. The number of rotatable bonds is 2. The molecule has 7 nitrogen and oxygen atoms in total. The third-order valence-corrected chi connectivity index (χ3v) is 4.86. The van der Waals surface area contributed by atoms with E-state index in [-0.39, 0.29) is 12.1 Å². The fourth-order valence-electron chi connectivity index (χ4n) is 3.76. The van der Waals surface area contributed by atoms with Gasteiger partial charge in [-0.2, -0.15) is 0 Å². The summed E-state index contributed by atoms with van der Waals surface area (Å²) in [6, 6.07) is 0.0289. The molecule has 0 unspecified atom stereocenters. The van der Waals surface area contributed by atoms with Gasteiger partial charge in [-0.15, -0.1) is 0 Å². The number of carbonyl (C=O) groups excluding carboxylic acids is 1. The van der Waals surface area contributed by atoms with Crippen molar-refractivity contribution in [3.8, 4) is 0 Å². The normalized spacial score (nSPS) is 20.4. The van der Waals surface area contributed by atoms with E-state index in [1.807, 2.05) is 20.8 Å². The highest BCUT2D eigenvalue weighted by Gasteiger charge is 2.35. The molecule has 0 spiro atoms. The summed E-state index contributed by atoms with van der Waals surface area (Å²) >= 11 is 0. The molecule has 1 saturated carbocycles. The zero-order valence-electron chi connectivity index (χ0n) is 15.0. The minimum atomic E-state index is -0.495. The minimum absolute atomic E-state index is 0.0289. The number of anilines is 1. The molecule has 2 aliphatic rings. The summed E-state index contributed by atoms with van der Waals surface area (Å²) in [5.41, 5.74) is 9.21. The van der Waals surface area contributed by atoms with Crippen molar-refractivity contribution in [2.75, 3.05) is 5.73 Å². The van der Waals surface area contributed by atoms with Crippen LogP contribution in [0, 0.1) is 0 Å². The summed E-state index contributed by atoms with van der Waals surface area (Å²) in [6.07, 6.45) is 5.37. The van der Waals surface area contributed by atoms with Gasteiger partial charge in [0.2, 0.25) is 0 Å². The van der Waals surface area contributed by atoms with Gasteiger partial charge in [0.05, 0.1) is 11.4 Å². The summed E-state index contributed by atoms with van der Waals surface area (Å²) in [4.78, 5) is 20.8. The highest BCUT2D eigenvalue weighted by Crippen LogP contribution is 2.47. The van der Waals surface area contributed by atoms with Crippen LogP contribution in [0.2, 0.25) is 0 Å². The molecule has 2 aromatic heterocycles. The van der Waals surface area contributed by atoms with Crippen LogP contribution in [0.5, 0.6) is 0 Å². The molecule has 0 radical (unpaired) electrons. The van der Waals surface area contributed by atoms with Crippen LogP contribution in [0.15, 0.2) is 6.33 Å². The van der Waals surface area contributed by atoms with Gasteiger partial charge in [0.1, 0.15) is 23.4 Å². The number of aromatic nitrogens is 3. The molecule has 1 amide bonds. The fraction of sp³-hybridized carbons (Fsp3) is 0.611. The SMILES string of the molecule is CC(C)(C)OC(=O)N[C@H]1CCc2c(C3CC3)c3c(N)ncnc3n2C1. The Kier molecular flexibility index (Phi) is 3.63. The molecule has 2 aromatic rings. The number of fused-ring (bicyclic) bond motifs is 3. The predicted octanol–water partition coefficient (Wildman–Crippen LogP) is 2.73. The van der Waals surface area contributed by atoms with Gasteiger partial charge >= 0.3 is 6.09 Å². The van der Waals surface area contributed by atoms with Gasteiger partial charge in [-0.05, 0) is 57.9 Å². The molecule has 0 saturated heterocycles. The molecule has 3 heterocycles. The maximum Gasteiger partial charge on any atom is 0.407 e. The third-order valence-electron chi connectivity index (χ3n) is 4.86. The molecule has 0 bridgehead atoms. The number of ether oxygens (including phenoxy) is 1. The Balaban J connectivity index is 1.63. The van der Waals surface area contributed by atoms with Crippen LogP contribution in [-0.4, -0.2) is 32.3 Å². The summed E-state index contributed by atoms with van der Waals surface area (Å²) in [7, 11) is 0. The molecule has 7 heteroatoms. The molecule has 4 rings (SSSR count). The predicted molar refractivity (Wildman–Crippen MR) is 95.4 cm³/mol. The first-order valence-electron chi connectivity index (χ1n) is 8.94. The standard InChI is InChI=1S/C18H25N5O2/c1-18(2,3)25-17(24)22-11-6-7-12-13(10-4-5-10)14-15(19)20-9-21-16(14)23(12)8-11/h9-11H,4-8H2,1-3H3,(H,22,24)(H2,19,20,21)/t11-/m0/s1. The van der Waals surface area contributed by atoms with Crippen molar-refractivity contribution in [3.63, 3.8) is 0 Å². The molecule has 1 fully saturated rings. The lowest BCUT2D eigenvalue weighted by atomic mass is 9.99. The van der Waals surface area contributed by atoms with Gasteiger partial charge < -0.3 is 20.4 Å². The van der Waals surface area contributed by atoms with Gasteiger partial charge in [-0.1, -0.05) is 0 Å². The van der Waals surface area contributed by atoms with Crippen LogP contribution in [-0.2, 0) is 17.7 Å². The number of hydrogen-bond donors (Lipinski definition) is 2. The van der Waals surface area contributed by atoms with Crippen LogP contribution < -0.4 is 11.1 Å². The second kappa shape index (κ2) is 5.61. The summed E-state index contributed by atoms with van der Waals surface area (Å²) < 4.78 is 7.60. The van der Waals surface area contributed by atoms with E-state index in [9.17, 15) is 4.79 Å². The van der Waals surface area contributed by atoms with E-state index in [1.165, 1.54) is 30.4 Å². The maximum absolute atomic E-state index is 12.1. The zero-order chi connectivity index (χ0) is 17.8. The van der Waals surface area contributed by atoms with Gasteiger partial charge in [0, 0.05) is 12.2 Å². The van der Waals surface area contributed by atoms with E-state index in [0.717, 1.165) is 23.9 Å². The average molecular weight is 343 g/mol. The monoisotopic (exact) mass is 343 g/mol. The Bertz CT molecular complexity index is 832. The molecule has 1 atom stereocenters. The Labute approximate surface area is 147 Å². The largest absolute Gasteiger partial charge is 0.444 e. The van der Waals surface area contributed by atoms with Crippen molar-refractivity contribution in [1.82, 2.24) is 19.9 Å². The van der Waals surface area contributed by atoms with Crippen molar-refractivity contribution in [2.24, 2.45) is 0 Å². The number of carbonyl (C=O) groups is 1. The Morgan fingerprint density at radius 1 is 1.32 bits per heavy atom. The maximum atomic E-state index is 12.1. The number of amides is 1. The first-order chi connectivity index (χ1) is 11.8. The number of nitrogen functional groups attached to an aromatic ring is 1. The fourth-order valence-corrected chi connectivity index (χ4v) is 3.76. The smallest absolute Gasteiger partial charge is 0.407 e. The summed E-state index contributed by atoms with van der Waals surface area (Å²) in [6.45, 7) is 6.29. The number of nitrogens with one attached hydrogen (secondary N) is 1. The minimum Gasteiger partial charge on any atom is -0.444 e. The highest BCUT2D eigenvalue weighted by molar-refractivity contribution is 5.92. The molecule has 0 aromatic carbocycles. The van der Waals surface area contributed by atoms with Gasteiger partial charge in [0.25, 0.3) is 0 Å². The first kappa shape index (κ1) is 16.2. The summed E-state index contributed by atoms with van der Waals surface area (Å²) in [5, 5.41) is 4.01. The van der Waals surface area contributed by atoms with Crippen LogP contribution in [0.4, 0.5) is 10.6 Å². The lowest BCUT2D eigenvalue weighted by Gasteiger charge is -2.28. The van der Waals surface area contributed by atoms with Crippen molar-refractivity contribution < 1.29 is 9.53 Å². The van der Waals surface area contributed by atoms with Gasteiger partial charge in [-0.25, -0.2) is 14.8 Å². The van der Waals surface area contributed by atoms with E-state index in [0.29, 0.717) is 18.3 Å². The van der Waals surface area contributed by atoms with Gasteiger partial charge in [-0.3, -0.25) is 0 Å². The van der Waals surface area contributed by atoms with Crippen LogP contribution in [0.25, 0.3) is 11.0 Å². The van der Waals surface area contributed by atoms with Gasteiger partial charge in [0.15, 0.2) is 0 Å². The Morgan fingerprint density at radius 3 is 2.76 bits per heavy atom. The molecule has 3 N–H and O–H groups in total. The van der Waals surface area contributed by atoms with Crippen LogP contribution in [0.3, 0.4) is 0 Å². The number of nitrogens with two attached hydrogens (primary N) is 1. The zero-order valence-corrected chi connectivity index (χ0v) is 15.0. The van der Waals surface area contributed by atoms with E-state index in [4.69, 9.17) is 10.5 Å². The average Bonchev–Trinajstić information content (AvgIpc) is 3.28. The van der Waals surface area contributed by atoms with E-state index >= 15 is 0 Å². The Hall–Kier alpha value is -2.31. The van der Waals surface area contributed by atoms with Crippen molar-refractivity contribution in [1.29, 1.82) is 0 Å². The second-order valence-electron chi connectivity index (χ2n) is 8.08. The van der Waals surface area contributed by atoms with E-state index in [1.54, 1.807) is 0 Å². The summed E-state index contributed by atoms with van der Waals surface area (Å²) in [5.74, 6) is 1.15. The molecule has 1 aliphatic heterocycles. The lowest BCUT2D eigenvalue weighted by Crippen LogP contribution is -2.43. The number of nitrogens with zero attached hydrogens (tertiary/aromatic N) is 3. The van der Waals surface area contributed by atoms with Crippen molar-refractivity contribution in [2.45, 2.75) is 70.6 Å². The van der Waals surface area contributed by atoms with Crippen LogP contribution >= 0.6 is 0 Å².